The number of carbonyl (C=O) groups is 2. The molecule has 28 heavy (non-hydrogen) atoms. The van der Waals surface area contributed by atoms with E-state index >= 15 is 0 Å². The van der Waals surface area contributed by atoms with Gasteiger partial charge in [0.1, 0.15) is 0 Å². The van der Waals surface area contributed by atoms with Crippen molar-refractivity contribution in [3.8, 4) is 0 Å². The summed E-state index contributed by atoms with van der Waals surface area (Å²) in [6.07, 6.45) is 0. The van der Waals surface area contributed by atoms with Crippen LogP contribution in [0.25, 0.3) is 0 Å². The highest BCUT2D eigenvalue weighted by atomic mass is 35.5. The molecule has 2 aromatic rings. The number of hydrogen-bond donors (Lipinski definition) is 1. The van der Waals surface area contributed by atoms with Crippen molar-refractivity contribution in [2.75, 3.05) is 14.2 Å². The average molecular weight is 446 g/mol. The topological polar surface area (TPSA) is 98.8 Å². The van der Waals surface area contributed by atoms with Gasteiger partial charge in [-0.05, 0) is 42.8 Å². The van der Waals surface area contributed by atoms with Crippen molar-refractivity contribution < 1.29 is 27.5 Å². The smallest absolute Gasteiger partial charge is 0.339 e. The molecule has 1 atom stereocenters. The van der Waals surface area contributed by atoms with E-state index in [4.69, 9.17) is 23.2 Å². The number of nitrogens with one attached hydrogen (secondary N) is 1. The molecule has 0 saturated carbocycles. The van der Waals surface area contributed by atoms with Crippen molar-refractivity contribution in [3.63, 3.8) is 0 Å². The summed E-state index contributed by atoms with van der Waals surface area (Å²) in [5.74, 6) is -1.61. The molecule has 0 radical (unpaired) electrons. The third-order valence-corrected chi connectivity index (χ3v) is 6.19. The maximum absolute atomic E-state index is 12.9. The lowest BCUT2D eigenvalue weighted by Crippen LogP contribution is -2.29. The van der Waals surface area contributed by atoms with Gasteiger partial charge in [0.15, 0.2) is 0 Å². The quantitative estimate of drug-likeness (QED) is 0.681. The van der Waals surface area contributed by atoms with E-state index in [1.165, 1.54) is 18.2 Å². The van der Waals surface area contributed by atoms with E-state index in [2.05, 4.69) is 14.2 Å². The predicted octanol–water partition coefficient (Wildman–Crippen LogP) is 3.61. The van der Waals surface area contributed by atoms with Gasteiger partial charge >= 0.3 is 11.9 Å². The molecule has 2 rings (SSSR count). The van der Waals surface area contributed by atoms with Crippen LogP contribution < -0.4 is 4.72 Å². The molecule has 1 unspecified atom stereocenters. The van der Waals surface area contributed by atoms with Gasteiger partial charge in [-0.25, -0.2) is 22.7 Å². The van der Waals surface area contributed by atoms with Gasteiger partial charge in [-0.1, -0.05) is 29.3 Å². The first-order valence-electron chi connectivity index (χ1n) is 7.88. The summed E-state index contributed by atoms with van der Waals surface area (Å²) >= 11 is 11.9. The van der Waals surface area contributed by atoms with Crippen molar-refractivity contribution >= 4 is 45.2 Å². The van der Waals surface area contributed by atoms with E-state index in [-0.39, 0.29) is 16.1 Å². The Morgan fingerprint density at radius 3 is 2.18 bits per heavy atom. The molecule has 150 valence electrons. The van der Waals surface area contributed by atoms with Gasteiger partial charge in [0, 0.05) is 6.04 Å². The van der Waals surface area contributed by atoms with E-state index in [1.54, 1.807) is 19.1 Å². The molecule has 1 N–H and O–H groups in total. The standard InChI is InChI=1S/C18H17Cl2NO6S/c1-10(11-5-7-14(19)15(20)8-11)21-28(24,25)16-9-12(17(22)26-2)4-6-13(16)18(23)27-3/h4-10,21H,1-3H3. The highest BCUT2D eigenvalue weighted by Gasteiger charge is 2.27. The molecular formula is C18H17Cl2NO6S. The zero-order chi connectivity index (χ0) is 21.1. The molecule has 0 fully saturated rings. The van der Waals surface area contributed by atoms with Gasteiger partial charge in [0.25, 0.3) is 0 Å². The number of carbonyl (C=O) groups excluding carboxylic acids is 2. The molecule has 0 aliphatic rings. The summed E-state index contributed by atoms with van der Waals surface area (Å²) in [7, 11) is -1.93. The molecular weight excluding hydrogens is 429 g/mol. The molecule has 0 heterocycles. The summed E-state index contributed by atoms with van der Waals surface area (Å²) < 4.78 is 37.6. The first kappa shape index (κ1) is 22.2. The summed E-state index contributed by atoms with van der Waals surface area (Å²) in [5.41, 5.74) is 0.309. The minimum Gasteiger partial charge on any atom is -0.465 e. The number of ether oxygens (including phenoxy) is 2. The van der Waals surface area contributed by atoms with Crippen LogP contribution in [0.1, 0.15) is 39.2 Å². The van der Waals surface area contributed by atoms with Crippen LogP contribution in [0.4, 0.5) is 0 Å². The molecule has 0 bridgehead atoms. The number of esters is 2. The minimum atomic E-state index is -4.22. The zero-order valence-corrected chi connectivity index (χ0v) is 17.5. The van der Waals surface area contributed by atoms with Gasteiger partial charge in [0.2, 0.25) is 10.0 Å². The lowest BCUT2D eigenvalue weighted by Gasteiger charge is -2.17. The second-order valence-corrected chi connectivity index (χ2v) is 8.21. The summed E-state index contributed by atoms with van der Waals surface area (Å²) in [4.78, 5) is 23.4. The summed E-state index contributed by atoms with van der Waals surface area (Å²) in [6.45, 7) is 1.60. The van der Waals surface area contributed by atoms with Gasteiger partial charge in [-0.2, -0.15) is 0 Å². The number of sulfonamides is 1. The summed E-state index contributed by atoms with van der Waals surface area (Å²) in [6, 6.07) is 7.52. The molecule has 0 spiro atoms. The van der Waals surface area contributed by atoms with E-state index in [9.17, 15) is 18.0 Å². The van der Waals surface area contributed by atoms with Crippen LogP contribution in [0.2, 0.25) is 10.0 Å². The Bertz CT molecular complexity index is 1020. The van der Waals surface area contributed by atoms with Gasteiger partial charge in [-0.15, -0.1) is 0 Å². The fourth-order valence-electron chi connectivity index (χ4n) is 2.41. The lowest BCUT2D eigenvalue weighted by atomic mass is 10.1. The monoisotopic (exact) mass is 445 g/mol. The second kappa shape index (κ2) is 8.91. The van der Waals surface area contributed by atoms with Crippen LogP contribution in [0.15, 0.2) is 41.3 Å². The molecule has 10 heteroatoms. The van der Waals surface area contributed by atoms with Crippen LogP contribution in [-0.2, 0) is 19.5 Å². The average Bonchev–Trinajstić information content (AvgIpc) is 2.67. The third kappa shape index (κ3) is 4.82. The molecule has 0 amide bonds. The van der Waals surface area contributed by atoms with E-state index in [0.717, 1.165) is 20.3 Å². The van der Waals surface area contributed by atoms with Crippen LogP contribution in [0.5, 0.6) is 0 Å². The molecule has 0 aromatic heterocycles. The largest absolute Gasteiger partial charge is 0.465 e. The number of hydrogen-bond acceptors (Lipinski definition) is 6. The zero-order valence-electron chi connectivity index (χ0n) is 15.2. The SMILES string of the molecule is COC(=O)c1ccc(C(=O)OC)c(S(=O)(=O)NC(C)c2ccc(Cl)c(Cl)c2)c1. The highest BCUT2D eigenvalue weighted by Crippen LogP contribution is 2.27. The summed E-state index contributed by atoms with van der Waals surface area (Å²) in [5, 5.41) is 0.604. The van der Waals surface area contributed by atoms with Crippen LogP contribution in [0, 0.1) is 0 Å². The number of methoxy groups -OCH3 is 2. The Hall–Kier alpha value is -2.13. The molecule has 7 nitrogen and oxygen atoms in total. The number of rotatable bonds is 6. The van der Waals surface area contributed by atoms with Gasteiger partial charge in [-0.3, -0.25) is 0 Å². The van der Waals surface area contributed by atoms with Crippen molar-refractivity contribution in [2.24, 2.45) is 0 Å². The normalized spacial score (nSPS) is 12.3. The first-order chi connectivity index (χ1) is 13.1. The van der Waals surface area contributed by atoms with Crippen molar-refractivity contribution in [1.82, 2.24) is 4.72 Å². The van der Waals surface area contributed by atoms with Crippen LogP contribution in [-0.4, -0.2) is 34.6 Å². The fraction of sp³-hybridized carbons (Fsp3) is 0.222. The molecule has 0 aliphatic heterocycles. The molecule has 2 aromatic carbocycles. The van der Waals surface area contributed by atoms with E-state index < -0.39 is 32.9 Å². The maximum atomic E-state index is 12.9. The highest BCUT2D eigenvalue weighted by molar-refractivity contribution is 7.89. The van der Waals surface area contributed by atoms with Gasteiger partial charge in [0.05, 0.1) is 40.3 Å². The molecule has 0 aliphatic carbocycles. The third-order valence-electron chi connectivity index (χ3n) is 3.87. The molecule has 0 saturated heterocycles. The lowest BCUT2D eigenvalue weighted by molar-refractivity contribution is 0.0583. The van der Waals surface area contributed by atoms with Crippen molar-refractivity contribution in [3.05, 3.63) is 63.1 Å². The first-order valence-corrected chi connectivity index (χ1v) is 10.1. The Labute approximate surface area is 172 Å². The fourth-order valence-corrected chi connectivity index (χ4v) is 4.17. The minimum absolute atomic E-state index is 0.0299. The Balaban J connectivity index is 2.48. The van der Waals surface area contributed by atoms with Crippen molar-refractivity contribution in [1.29, 1.82) is 0 Å². The van der Waals surface area contributed by atoms with E-state index in [1.807, 2.05) is 0 Å². The second-order valence-electron chi connectivity index (χ2n) is 5.71. The van der Waals surface area contributed by atoms with Gasteiger partial charge < -0.3 is 9.47 Å². The number of halogens is 2. The predicted molar refractivity (Wildman–Crippen MR) is 104 cm³/mol. The number of benzene rings is 2. The van der Waals surface area contributed by atoms with Crippen LogP contribution >= 0.6 is 23.2 Å². The van der Waals surface area contributed by atoms with Crippen LogP contribution in [0.3, 0.4) is 0 Å². The van der Waals surface area contributed by atoms with Crippen molar-refractivity contribution in [2.45, 2.75) is 17.9 Å². The van der Waals surface area contributed by atoms with E-state index in [0.29, 0.717) is 10.6 Å². The Kier molecular flexibility index (Phi) is 7.06. The Morgan fingerprint density at radius 1 is 0.964 bits per heavy atom. The maximum Gasteiger partial charge on any atom is 0.339 e. The Morgan fingerprint density at radius 2 is 1.61 bits per heavy atom.